The second-order valence-electron chi connectivity index (χ2n) is 7.46. The Bertz CT molecular complexity index is 1310. The van der Waals surface area contributed by atoms with Crippen molar-refractivity contribution in [3.05, 3.63) is 64.0 Å². The fourth-order valence-corrected chi connectivity index (χ4v) is 5.87. The number of nitrogens with one attached hydrogen (secondary N) is 1. The molecule has 162 valence electrons. The normalized spacial score (nSPS) is 15.8. The van der Waals surface area contributed by atoms with Gasteiger partial charge >= 0.3 is 0 Å². The second-order valence-corrected chi connectivity index (χ2v) is 10.5. The van der Waals surface area contributed by atoms with Gasteiger partial charge in [0.2, 0.25) is 10.0 Å². The molecule has 0 spiro atoms. The molecule has 6 nitrogen and oxygen atoms in total. The highest BCUT2D eigenvalue weighted by molar-refractivity contribution is 7.92. The van der Waals surface area contributed by atoms with Crippen LogP contribution in [0.15, 0.2) is 36.4 Å². The number of benzene rings is 2. The van der Waals surface area contributed by atoms with Crippen molar-refractivity contribution in [2.24, 2.45) is 0 Å². The van der Waals surface area contributed by atoms with Crippen LogP contribution in [0.2, 0.25) is 0 Å². The molecular weight excluding hydrogens is 444 g/mol. The summed E-state index contributed by atoms with van der Waals surface area (Å²) in [5, 5.41) is 3.06. The molecule has 0 aliphatic carbocycles. The zero-order valence-electron chi connectivity index (χ0n) is 16.9. The van der Waals surface area contributed by atoms with E-state index in [4.69, 9.17) is 0 Å². The zero-order chi connectivity index (χ0) is 22.5. The Kier molecular flexibility index (Phi) is 5.30. The van der Waals surface area contributed by atoms with Crippen LogP contribution in [0.25, 0.3) is 11.3 Å². The minimum atomic E-state index is -3.41. The Morgan fingerprint density at radius 1 is 1.19 bits per heavy atom. The number of carbonyl (C=O) groups is 1. The fourth-order valence-electron chi connectivity index (χ4n) is 3.78. The van der Waals surface area contributed by atoms with Gasteiger partial charge in [-0.25, -0.2) is 22.2 Å². The fraction of sp³-hybridized carbons (Fsp3) is 0.238. The highest BCUT2D eigenvalue weighted by atomic mass is 32.2. The second kappa shape index (κ2) is 7.69. The molecule has 2 aromatic carbocycles. The highest BCUT2D eigenvalue weighted by Crippen LogP contribution is 2.35. The first-order chi connectivity index (χ1) is 14.5. The first kappa shape index (κ1) is 21.4. The van der Waals surface area contributed by atoms with Gasteiger partial charge in [-0.1, -0.05) is 0 Å². The van der Waals surface area contributed by atoms with Crippen LogP contribution in [0.5, 0.6) is 0 Å². The van der Waals surface area contributed by atoms with E-state index in [1.165, 1.54) is 21.7 Å². The van der Waals surface area contributed by atoms with Crippen molar-refractivity contribution >= 4 is 38.1 Å². The first-order valence-corrected chi connectivity index (χ1v) is 12.1. The lowest BCUT2D eigenvalue weighted by Gasteiger charge is -2.21. The average Bonchev–Trinajstić information content (AvgIpc) is 3.21. The van der Waals surface area contributed by atoms with Gasteiger partial charge in [0, 0.05) is 22.0 Å². The number of hydrogen-bond acceptors (Lipinski definition) is 5. The van der Waals surface area contributed by atoms with E-state index in [2.05, 4.69) is 10.3 Å². The zero-order valence-corrected chi connectivity index (χ0v) is 18.6. The van der Waals surface area contributed by atoms with Crippen LogP contribution in [0, 0.1) is 18.6 Å². The van der Waals surface area contributed by atoms with E-state index in [0.717, 1.165) is 28.8 Å². The van der Waals surface area contributed by atoms with Crippen LogP contribution in [0.1, 0.15) is 27.7 Å². The number of anilines is 2. The molecule has 1 aromatic heterocycles. The maximum Gasteiger partial charge on any atom is 0.257 e. The van der Waals surface area contributed by atoms with Crippen molar-refractivity contribution in [2.75, 3.05) is 15.9 Å². The van der Waals surface area contributed by atoms with Gasteiger partial charge in [0.05, 0.1) is 17.6 Å². The van der Waals surface area contributed by atoms with Crippen LogP contribution in [0.4, 0.5) is 19.6 Å². The molecule has 0 saturated heterocycles. The molecule has 2 heterocycles. The number of rotatable bonds is 4. The van der Waals surface area contributed by atoms with Gasteiger partial charge in [0.15, 0.2) is 16.8 Å². The monoisotopic (exact) mass is 463 g/mol. The van der Waals surface area contributed by atoms with Crippen LogP contribution >= 0.6 is 11.3 Å². The number of thiazole rings is 1. The topological polar surface area (TPSA) is 79.4 Å². The smallest absolute Gasteiger partial charge is 0.257 e. The predicted molar refractivity (Wildman–Crippen MR) is 117 cm³/mol. The third-order valence-corrected chi connectivity index (χ3v) is 7.22. The minimum Gasteiger partial charge on any atom is -0.298 e. The van der Waals surface area contributed by atoms with Gasteiger partial charge < -0.3 is 0 Å². The molecule has 1 amide bonds. The molecule has 0 saturated carbocycles. The maximum atomic E-state index is 13.6. The van der Waals surface area contributed by atoms with Crippen molar-refractivity contribution in [1.82, 2.24) is 4.98 Å². The van der Waals surface area contributed by atoms with Crippen molar-refractivity contribution in [2.45, 2.75) is 26.3 Å². The van der Waals surface area contributed by atoms with Gasteiger partial charge in [0.1, 0.15) is 0 Å². The molecule has 10 heteroatoms. The van der Waals surface area contributed by atoms with E-state index < -0.39 is 21.7 Å². The van der Waals surface area contributed by atoms with Crippen molar-refractivity contribution in [3.8, 4) is 11.3 Å². The van der Waals surface area contributed by atoms with Crippen LogP contribution < -0.4 is 9.62 Å². The predicted octanol–water partition coefficient (Wildman–Crippen LogP) is 4.36. The summed E-state index contributed by atoms with van der Waals surface area (Å²) in [5.41, 5.74) is 2.62. The largest absolute Gasteiger partial charge is 0.298 e. The lowest BCUT2D eigenvalue weighted by atomic mass is 10.1. The van der Waals surface area contributed by atoms with E-state index in [9.17, 15) is 22.0 Å². The SMILES string of the molecule is Cc1sc(NC(=O)c2ccc3c(c2)CC(C)N3S(C)(=O)=O)nc1-c1ccc(F)c(F)c1. The van der Waals surface area contributed by atoms with E-state index >= 15 is 0 Å². The number of halogens is 2. The Morgan fingerprint density at radius 3 is 2.61 bits per heavy atom. The van der Waals surface area contributed by atoms with Gasteiger partial charge in [0.25, 0.3) is 5.91 Å². The molecule has 31 heavy (non-hydrogen) atoms. The van der Waals surface area contributed by atoms with Gasteiger partial charge in [-0.2, -0.15) is 0 Å². The Hall–Kier alpha value is -2.85. The quantitative estimate of drug-likeness (QED) is 0.624. The number of amides is 1. The summed E-state index contributed by atoms with van der Waals surface area (Å²) < 4.78 is 52.2. The number of carbonyl (C=O) groups excluding carboxylic acids is 1. The molecule has 1 N–H and O–H groups in total. The van der Waals surface area contributed by atoms with Gasteiger partial charge in [-0.05, 0) is 62.2 Å². The lowest BCUT2D eigenvalue weighted by Crippen LogP contribution is -2.34. The first-order valence-electron chi connectivity index (χ1n) is 9.41. The summed E-state index contributed by atoms with van der Waals surface area (Å²) in [5.74, 6) is -2.30. The third kappa shape index (κ3) is 4.05. The average molecular weight is 464 g/mol. The van der Waals surface area contributed by atoms with Crippen molar-refractivity contribution < 1.29 is 22.0 Å². The standard InChI is InChI=1S/C21H19F2N3O3S2/c1-11-8-15-9-14(5-7-18(15)26(11)31(3,28)29)20(27)25-21-24-19(12(2)30-21)13-4-6-16(22)17(23)10-13/h4-7,9-11H,8H2,1-3H3,(H,24,25,27). The van der Waals surface area contributed by atoms with E-state index in [1.54, 1.807) is 25.1 Å². The highest BCUT2D eigenvalue weighted by Gasteiger charge is 2.32. The lowest BCUT2D eigenvalue weighted by molar-refractivity contribution is 0.102. The third-order valence-electron chi connectivity index (χ3n) is 5.06. The molecule has 0 bridgehead atoms. The number of sulfonamides is 1. The number of nitrogens with zero attached hydrogens (tertiary/aromatic N) is 2. The number of aryl methyl sites for hydroxylation is 1. The number of hydrogen-bond donors (Lipinski definition) is 1. The summed E-state index contributed by atoms with van der Waals surface area (Å²) in [6.45, 7) is 3.60. The Labute approximate surface area is 182 Å². The maximum absolute atomic E-state index is 13.6. The summed E-state index contributed by atoms with van der Waals surface area (Å²) in [6, 6.07) is 8.20. The molecule has 0 fully saturated rings. The molecule has 1 unspecified atom stereocenters. The van der Waals surface area contributed by atoms with Gasteiger partial charge in [-0.15, -0.1) is 11.3 Å². The summed E-state index contributed by atoms with van der Waals surface area (Å²) in [6.07, 6.45) is 1.68. The van der Waals surface area contributed by atoms with Crippen LogP contribution in [-0.2, 0) is 16.4 Å². The molecule has 0 radical (unpaired) electrons. The van der Waals surface area contributed by atoms with Crippen molar-refractivity contribution in [1.29, 1.82) is 0 Å². The number of aromatic nitrogens is 1. The Morgan fingerprint density at radius 2 is 1.94 bits per heavy atom. The molecule has 1 atom stereocenters. The van der Waals surface area contributed by atoms with Crippen LogP contribution in [-0.4, -0.2) is 31.6 Å². The Balaban J connectivity index is 1.57. The van der Waals surface area contributed by atoms with Crippen LogP contribution in [0.3, 0.4) is 0 Å². The molecule has 1 aliphatic heterocycles. The van der Waals surface area contributed by atoms with E-state index in [0.29, 0.717) is 34.1 Å². The number of fused-ring (bicyclic) bond motifs is 1. The molecular formula is C21H19F2N3O3S2. The summed E-state index contributed by atoms with van der Waals surface area (Å²) >= 11 is 1.23. The molecule has 3 aromatic rings. The van der Waals surface area contributed by atoms with E-state index in [-0.39, 0.29) is 11.9 Å². The molecule has 1 aliphatic rings. The summed E-state index contributed by atoms with van der Waals surface area (Å²) in [7, 11) is -3.41. The molecule has 4 rings (SSSR count). The summed E-state index contributed by atoms with van der Waals surface area (Å²) in [4.78, 5) is 17.8. The van der Waals surface area contributed by atoms with E-state index in [1.807, 2.05) is 6.92 Å². The minimum absolute atomic E-state index is 0.219. The van der Waals surface area contributed by atoms with Crippen molar-refractivity contribution in [3.63, 3.8) is 0 Å². The van der Waals surface area contributed by atoms with Gasteiger partial charge in [-0.3, -0.25) is 14.4 Å².